The fourth-order valence-electron chi connectivity index (χ4n) is 2.09. The number of hydrogen-bond acceptors (Lipinski definition) is 5. The number of nitrogens with zero attached hydrogens (tertiary/aromatic N) is 3. The fraction of sp³-hybridized carbons (Fsp3) is 0.0667. The quantitative estimate of drug-likeness (QED) is 0.767. The molecule has 2 N–H and O–H groups in total. The Morgan fingerprint density at radius 3 is 2.86 bits per heavy atom. The highest BCUT2D eigenvalue weighted by atomic mass is 16.4. The van der Waals surface area contributed by atoms with Crippen LogP contribution in [0.3, 0.4) is 0 Å². The van der Waals surface area contributed by atoms with Gasteiger partial charge in [0.05, 0.1) is 11.3 Å². The predicted molar refractivity (Wildman–Crippen MR) is 78.8 cm³/mol. The lowest BCUT2D eigenvalue weighted by Gasteiger charge is -2.09. The van der Waals surface area contributed by atoms with E-state index in [0.717, 1.165) is 16.5 Å². The summed E-state index contributed by atoms with van der Waals surface area (Å²) in [7, 11) is 0. The van der Waals surface area contributed by atoms with E-state index in [0.29, 0.717) is 11.6 Å². The molecule has 0 unspecified atom stereocenters. The first-order valence-electron chi connectivity index (χ1n) is 6.32. The number of pyridine rings is 1. The van der Waals surface area contributed by atoms with E-state index >= 15 is 0 Å². The van der Waals surface area contributed by atoms with Gasteiger partial charge in [0, 0.05) is 35.1 Å². The van der Waals surface area contributed by atoms with Gasteiger partial charge in [-0.3, -0.25) is 4.98 Å². The van der Waals surface area contributed by atoms with Gasteiger partial charge in [-0.2, -0.15) is 0 Å². The van der Waals surface area contributed by atoms with Gasteiger partial charge in [-0.1, -0.05) is 12.1 Å². The maximum atomic E-state index is 11.0. The summed E-state index contributed by atoms with van der Waals surface area (Å²) < 4.78 is 0. The maximum Gasteiger partial charge on any atom is 0.339 e. The van der Waals surface area contributed by atoms with E-state index in [1.165, 1.54) is 6.20 Å². The van der Waals surface area contributed by atoms with Crippen molar-refractivity contribution in [1.82, 2.24) is 15.0 Å². The number of nitrogens with one attached hydrogen (secondary N) is 1. The summed E-state index contributed by atoms with van der Waals surface area (Å²) >= 11 is 0. The van der Waals surface area contributed by atoms with Crippen molar-refractivity contribution < 1.29 is 9.90 Å². The Hall–Kier alpha value is -3.02. The lowest BCUT2D eigenvalue weighted by molar-refractivity contribution is 0.0695. The van der Waals surface area contributed by atoms with Crippen LogP contribution in [0.15, 0.2) is 42.9 Å². The fourth-order valence-corrected chi connectivity index (χ4v) is 2.09. The molecule has 2 heterocycles. The zero-order valence-electron chi connectivity index (χ0n) is 11.2. The number of carboxylic acids is 1. The predicted octanol–water partition coefficient (Wildman–Crippen LogP) is 2.78. The highest BCUT2D eigenvalue weighted by molar-refractivity contribution is 5.94. The second-order valence-corrected chi connectivity index (χ2v) is 4.53. The minimum Gasteiger partial charge on any atom is -0.478 e. The molecule has 0 aliphatic carbocycles. The van der Waals surface area contributed by atoms with Crippen LogP contribution < -0.4 is 5.32 Å². The molecule has 0 aliphatic rings. The number of benzene rings is 1. The Morgan fingerprint density at radius 2 is 2.10 bits per heavy atom. The van der Waals surface area contributed by atoms with E-state index in [2.05, 4.69) is 20.3 Å². The second kappa shape index (κ2) is 5.16. The summed E-state index contributed by atoms with van der Waals surface area (Å²) in [6.45, 7) is 1.64. The van der Waals surface area contributed by atoms with Gasteiger partial charge in [-0.05, 0) is 19.1 Å². The zero-order valence-corrected chi connectivity index (χ0v) is 11.2. The van der Waals surface area contributed by atoms with Crippen LogP contribution in [0.1, 0.15) is 16.1 Å². The molecule has 0 atom stereocenters. The number of anilines is 2. The first kappa shape index (κ1) is 13.0. The van der Waals surface area contributed by atoms with E-state index < -0.39 is 5.97 Å². The third-order valence-corrected chi connectivity index (χ3v) is 3.14. The molecule has 0 saturated carbocycles. The summed E-state index contributed by atoms with van der Waals surface area (Å²) in [6, 6.07) is 7.68. The smallest absolute Gasteiger partial charge is 0.339 e. The number of aromatic nitrogens is 3. The molecule has 2 aromatic heterocycles. The lowest BCUT2D eigenvalue weighted by Crippen LogP contribution is -2.06. The lowest BCUT2D eigenvalue weighted by atomic mass is 10.1. The van der Waals surface area contributed by atoms with Crippen molar-refractivity contribution in [3.63, 3.8) is 0 Å². The molecule has 104 valence electrons. The van der Waals surface area contributed by atoms with E-state index in [9.17, 15) is 4.79 Å². The minimum atomic E-state index is -1.03. The topological polar surface area (TPSA) is 88.0 Å². The third kappa shape index (κ3) is 2.51. The van der Waals surface area contributed by atoms with Gasteiger partial charge in [0.2, 0.25) is 5.95 Å². The third-order valence-electron chi connectivity index (χ3n) is 3.14. The molecular weight excluding hydrogens is 268 g/mol. The van der Waals surface area contributed by atoms with Gasteiger partial charge >= 0.3 is 5.97 Å². The molecule has 1 aromatic carbocycles. The van der Waals surface area contributed by atoms with Crippen LogP contribution in [0.25, 0.3) is 10.8 Å². The van der Waals surface area contributed by atoms with Crippen molar-refractivity contribution in [2.75, 3.05) is 5.32 Å². The van der Waals surface area contributed by atoms with E-state index in [1.54, 1.807) is 19.3 Å². The van der Waals surface area contributed by atoms with Crippen molar-refractivity contribution >= 4 is 28.4 Å². The maximum absolute atomic E-state index is 11.0. The van der Waals surface area contributed by atoms with Crippen LogP contribution in [0.2, 0.25) is 0 Å². The van der Waals surface area contributed by atoms with Crippen molar-refractivity contribution in [3.05, 3.63) is 54.1 Å². The molecule has 0 spiro atoms. The van der Waals surface area contributed by atoms with Crippen LogP contribution in [-0.4, -0.2) is 26.0 Å². The average Bonchev–Trinajstić information content (AvgIpc) is 2.47. The molecule has 0 radical (unpaired) electrons. The van der Waals surface area contributed by atoms with Crippen LogP contribution in [-0.2, 0) is 0 Å². The van der Waals surface area contributed by atoms with Crippen molar-refractivity contribution in [1.29, 1.82) is 0 Å². The number of rotatable bonds is 3. The summed E-state index contributed by atoms with van der Waals surface area (Å²) in [4.78, 5) is 23.3. The zero-order chi connectivity index (χ0) is 14.8. The number of aromatic carboxylic acids is 1. The Kier molecular flexibility index (Phi) is 3.19. The standard InChI is InChI=1S/C15H12N4O2/c1-9-12(14(20)21)8-17-15(18-9)19-13-4-2-3-10-7-16-6-5-11(10)13/h2-8H,1H3,(H,20,21)(H,17,18,19). The number of hydrogen-bond donors (Lipinski definition) is 2. The number of carboxylic acid groups (broad SMARTS) is 1. The molecule has 0 amide bonds. The molecule has 3 aromatic rings. The van der Waals surface area contributed by atoms with Gasteiger partial charge in [-0.15, -0.1) is 0 Å². The first-order chi connectivity index (χ1) is 10.1. The van der Waals surface area contributed by atoms with Crippen LogP contribution in [0.5, 0.6) is 0 Å². The molecule has 0 aliphatic heterocycles. The molecule has 6 nitrogen and oxygen atoms in total. The Bertz CT molecular complexity index is 828. The van der Waals surface area contributed by atoms with Gasteiger partial charge in [0.25, 0.3) is 0 Å². The molecular formula is C15H12N4O2. The van der Waals surface area contributed by atoms with Crippen molar-refractivity contribution in [2.45, 2.75) is 6.92 Å². The molecule has 21 heavy (non-hydrogen) atoms. The van der Waals surface area contributed by atoms with Gasteiger partial charge in [0.15, 0.2) is 0 Å². The minimum absolute atomic E-state index is 0.0997. The summed E-state index contributed by atoms with van der Waals surface area (Å²) in [5.74, 6) is -0.669. The molecule has 0 fully saturated rings. The SMILES string of the molecule is Cc1nc(Nc2cccc3cnccc23)ncc1C(=O)O. The van der Waals surface area contributed by atoms with Crippen molar-refractivity contribution in [2.24, 2.45) is 0 Å². The average molecular weight is 280 g/mol. The number of fused-ring (bicyclic) bond motifs is 1. The molecule has 6 heteroatoms. The van der Waals surface area contributed by atoms with Gasteiger partial charge in [-0.25, -0.2) is 14.8 Å². The van der Waals surface area contributed by atoms with Crippen LogP contribution in [0, 0.1) is 6.92 Å². The Labute approximate surface area is 120 Å². The Balaban J connectivity index is 1.99. The molecule has 0 bridgehead atoms. The summed E-state index contributed by atoms with van der Waals surface area (Å²) in [5, 5.41) is 14.1. The van der Waals surface area contributed by atoms with Crippen molar-refractivity contribution in [3.8, 4) is 0 Å². The molecule has 0 saturated heterocycles. The largest absolute Gasteiger partial charge is 0.478 e. The van der Waals surface area contributed by atoms with Crippen LogP contribution >= 0.6 is 0 Å². The number of aryl methyl sites for hydroxylation is 1. The van der Waals surface area contributed by atoms with E-state index in [1.807, 2.05) is 24.3 Å². The van der Waals surface area contributed by atoms with E-state index in [4.69, 9.17) is 5.11 Å². The monoisotopic (exact) mass is 280 g/mol. The molecule has 3 rings (SSSR count). The van der Waals surface area contributed by atoms with Crippen LogP contribution in [0.4, 0.5) is 11.6 Å². The highest BCUT2D eigenvalue weighted by Gasteiger charge is 2.10. The second-order valence-electron chi connectivity index (χ2n) is 4.53. The normalized spacial score (nSPS) is 10.5. The van der Waals surface area contributed by atoms with E-state index in [-0.39, 0.29) is 5.56 Å². The number of carbonyl (C=O) groups is 1. The van der Waals surface area contributed by atoms with Gasteiger partial charge in [0.1, 0.15) is 0 Å². The highest BCUT2D eigenvalue weighted by Crippen LogP contribution is 2.24. The summed E-state index contributed by atoms with van der Waals surface area (Å²) in [6.07, 6.45) is 4.80. The Morgan fingerprint density at radius 1 is 1.24 bits per heavy atom. The summed E-state index contributed by atoms with van der Waals surface area (Å²) in [5.41, 5.74) is 1.36. The van der Waals surface area contributed by atoms with Gasteiger partial charge < -0.3 is 10.4 Å². The first-order valence-corrected chi connectivity index (χ1v) is 6.32.